The Labute approximate surface area is 120 Å². The second kappa shape index (κ2) is 5.93. The Kier molecular flexibility index (Phi) is 4.48. The van der Waals surface area contributed by atoms with Gasteiger partial charge in [0, 0.05) is 6.54 Å². The summed E-state index contributed by atoms with van der Waals surface area (Å²) >= 11 is 6.27. The molecule has 0 saturated carbocycles. The van der Waals surface area contributed by atoms with Crippen LogP contribution in [0.2, 0.25) is 0 Å². The van der Waals surface area contributed by atoms with Crippen LogP contribution in [-0.2, 0) is 6.54 Å². The molecule has 3 nitrogen and oxygen atoms in total. The van der Waals surface area contributed by atoms with Crippen LogP contribution in [0.5, 0.6) is 0 Å². The van der Waals surface area contributed by atoms with Crippen molar-refractivity contribution in [3.63, 3.8) is 0 Å². The smallest absolute Gasteiger partial charge is 0.127 e. The van der Waals surface area contributed by atoms with Crippen molar-refractivity contribution in [1.29, 1.82) is 0 Å². The molecule has 2 aromatic rings. The van der Waals surface area contributed by atoms with Crippen LogP contribution in [0.1, 0.15) is 30.1 Å². The summed E-state index contributed by atoms with van der Waals surface area (Å²) in [4.78, 5) is 6.89. The van der Waals surface area contributed by atoms with Crippen molar-refractivity contribution >= 4 is 22.6 Å². The third-order valence-corrected chi connectivity index (χ3v) is 3.47. The fourth-order valence-corrected chi connectivity index (χ4v) is 2.51. The van der Waals surface area contributed by atoms with E-state index < -0.39 is 0 Å². The number of benzene rings is 1. The maximum Gasteiger partial charge on any atom is 0.127 e. The van der Waals surface area contributed by atoms with Crippen molar-refractivity contribution in [3.05, 3.63) is 29.6 Å². The molecule has 0 aliphatic rings. The number of hydrogen-bond donors (Lipinski definition) is 0. The molecule has 1 atom stereocenters. The number of aromatic nitrogens is 2. The first-order valence-electron chi connectivity index (χ1n) is 6.74. The topological polar surface area (TPSA) is 21.1 Å². The van der Waals surface area contributed by atoms with Crippen molar-refractivity contribution in [2.45, 2.75) is 32.2 Å². The second-order valence-corrected chi connectivity index (χ2v) is 6.04. The highest BCUT2D eigenvalue weighted by Crippen LogP contribution is 2.25. The van der Waals surface area contributed by atoms with Crippen LogP contribution in [-0.4, -0.2) is 35.1 Å². The zero-order valence-electron chi connectivity index (χ0n) is 12.2. The molecule has 19 heavy (non-hydrogen) atoms. The van der Waals surface area contributed by atoms with Crippen LogP contribution < -0.4 is 0 Å². The minimum Gasteiger partial charge on any atom is -0.327 e. The molecule has 1 unspecified atom stereocenters. The van der Waals surface area contributed by atoms with Crippen molar-refractivity contribution in [3.8, 4) is 0 Å². The number of halogens is 1. The van der Waals surface area contributed by atoms with Gasteiger partial charge >= 0.3 is 0 Å². The lowest BCUT2D eigenvalue weighted by atomic mass is 10.2. The van der Waals surface area contributed by atoms with E-state index in [0.717, 1.165) is 30.9 Å². The van der Waals surface area contributed by atoms with E-state index in [1.165, 1.54) is 11.1 Å². The number of rotatable bonds is 5. The Bertz CT molecular complexity index is 558. The van der Waals surface area contributed by atoms with Crippen molar-refractivity contribution in [1.82, 2.24) is 14.5 Å². The molecule has 0 spiro atoms. The zero-order chi connectivity index (χ0) is 14.0. The number of nitrogens with zero attached hydrogens (tertiary/aromatic N) is 3. The summed E-state index contributed by atoms with van der Waals surface area (Å²) in [7, 11) is 4.20. The molecule has 0 fully saturated rings. The van der Waals surface area contributed by atoms with Gasteiger partial charge in [-0.2, -0.15) is 0 Å². The molecule has 0 aliphatic carbocycles. The van der Waals surface area contributed by atoms with Gasteiger partial charge in [-0.3, -0.25) is 0 Å². The van der Waals surface area contributed by atoms with Crippen LogP contribution in [0, 0.1) is 6.92 Å². The molecule has 0 bridgehead atoms. The standard InChI is InChI=1S/C15H22ClN3/c1-11-6-7-14-13(10-11)17-15(12(2)16)19(14)9-5-8-18(3)4/h6-7,10,12H,5,8-9H2,1-4H3. The molecular weight excluding hydrogens is 258 g/mol. The van der Waals surface area contributed by atoms with E-state index in [1.807, 2.05) is 6.92 Å². The lowest BCUT2D eigenvalue weighted by molar-refractivity contribution is 0.386. The van der Waals surface area contributed by atoms with Crippen molar-refractivity contribution in [2.75, 3.05) is 20.6 Å². The van der Waals surface area contributed by atoms with Gasteiger partial charge in [0.05, 0.1) is 16.4 Å². The van der Waals surface area contributed by atoms with Crippen LogP contribution in [0.4, 0.5) is 0 Å². The van der Waals surface area contributed by atoms with E-state index >= 15 is 0 Å². The predicted molar refractivity (Wildman–Crippen MR) is 81.9 cm³/mol. The maximum absolute atomic E-state index is 6.27. The molecule has 4 heteroatoms. The number of aryl methyl sites for hydroxylation is 2. The third kappa shape index (κ3) is 3.28. The summed E-state index contributed by atoms with van der Waals surface area (Å²) < 4.78 is 2.26. The molecule has 0 amide bonds. The van der Waals surface area contributed by atoms with Gasteiger partial charge in [0.15, 0.2) is 0 Å². The molecular formula is C15H22ClN3. The van der Waals surface area contributed by atoms with Gasteiger partial charge in [-0.25, -0.2) is 4.98 Å². The van der Waals surface area contributed by atoms with Crippen LogP contribution >= 0.6 is 11.6 Å². The van der Waals surface area contributed by atoms with E-state index in [9.17, 15) is 0 Å². The molecule has 1 aromatic heterocycles. The summed E-state index contributed by atoms with van der Waals surface area (Å²) in [5, 5.41) is -0.0629. The average molecular weight is 280 g/mol. The molecule has 1 aromatic carbocycles. The SMILES string of the molecule is Cc1ccc2c(c1)nc(C(C)Cl)n2CCCN(C)C. The summed E-state index contributed by atoms with van der Waals surface area (Å²) in [6.45, 7) is 6.11. The summed E-state index contributed by atoms with van der Waals surface area (Å²) in [5.74, 6) is 0.973. The highest BCUT2D eigenvalue weighted by atomic mass is 35.5. The molecule has 0 radical (unpaired) electrons. The summed E-state index contributed by atoms with van der Waals surface area (Å²) in [5.41, 5.74) is 3.47. The fraction of sp³-hybridized carbons (Fsp3) is 0.533. The number of imidazole rings is 1. The van der Waals surface area contributed by atoms with Gasteiger partial charge in [-0.1, -0.05) is 6.07 Å². The zero-order valence-corrected chi connectivity index (χ0v) is 12.9. The molecule has 0 N–H and O–H groups in total. The first kappa shape index (κ1) is 14.4. The Balaban J connectivity index is 2.35. The Morgan fingerprint density at radius 3 is 2.74 bits per heavy atom. The first-order chi connectivity index (χ1) is 8.99. The van der Waals surface area contributed by atoms with Gasteiger partial charge in [0.2, 0.25) is 0 Å². The highest BCUT2D eigenvalue weighted by Gasteiger charge is 2.14. The number of fused-ring (bicyclic) bond motifs is 1. The fourth-order valence-electron chi connectivity index (χ4n) is 2.34. The van der Waals surface area contributed by atoms with E-state index in [-0.39, 0.29) is 5.38 Å². The van der Waals surface area contributed by atoms with Gasteiger partial charge in [-0.15, -0.1) is 11.6 Å². The normalized spacial score (nSPS) is 13.4. The van der Waals surface area contributed by atoms with Gasteiger partial charge < -0.3 is 9.47 Å². The largest absolute Gasteiger partial charge is 0.327 e. The summed E-state index contributed by atoms with van der Waals surface area (Å²) in [6.07, 6.45) is 1.10. The van der Waals surface area contributed by atoms with Crippen molar-refractivity contribution in [2.24, 2.45) is 0 Å². The average Bonchev–Trinajstić information content (AvgIpc) is 2.67. The third-order valence-electron chi connectivity index (χ3n) is 3.28. The minimum atomic E-state index is -0.0629. The quantitative estimate of drug-likeness (QED) is 0.780. The summed E-state index contributed by atoms with van der Waals surface area (Å²) in [6, 6.07) is 6.41. The Morgan fingerprint density at radius 2 is 2.11 bits per heavy atom. The first-order valence-corrected chi connectivity index (χ1v) is 7.18. The van der Waals surface area contributed by atoms with E-state index in [1.54, 1.807) is 0 Å². The minimum absolute atomic E-state index is 0.0629. The molecule has 2 rings (SSSR count). The maximum atomic E-state index is 6.27. The van der Waals surface area contributed by atoms with E-state index in [2.05, 4.69) is 53.7 Å². The van der Waals surface area contributed by atoms with Crippen molar-refractivity contribution < 1.29 is 0 Å². The highest BCUT2D eigenvalue weighted by molar-refractivity contribution is 6.20. The Morgan fingerprint density at radius 1 is 1.37 bits per heavy atom. The van der Waals surface area contributed by atoms with E-state index in [0.29, 0.717) is 0 Å². The number of hydrogen-bond acceptors (Lipinski definition) is 2. The van der Waals surface area contributed by atoms with Gasteiger partial charge in [0.25, 0.3) is 0 Å². The molecule has 0 aliphatic heterocycles. The van der Waals surface area contributed by atoms with Gasteiger partial charge in [0.1, 0.15) is 5.82 Å². The Hall–Kier alpha value is -1.06. The second-order valence-electron chi connectivity index (χ2n) is 5.39. The molecule has 0 saturated heterocycles. The monoisotopic (exact) mass is 279 g/mol. The lowest BCUT2D eigenvalue weighted by Crippen LogP contribution is -2.16. The van der Waals surface area contributed by atoms with Gasteiger partial charge in [-0.05, 0) is 58.6 Å². The lowest BCUT2D eigenvalue weighted by Gasteiger charge is -2.13. The predicted octanol–water partition coefficient (Wildman–Crippen LogP) is 3.60. The van der Waals surface area contributed by atoms with Crippen LogP contribution in [0.15, 0.2) is 18.2 Å². The number of alkyl halides is 1. The molecule has 1 heterocycles. The van der Waals surface area contributed by atoms with E-state index in [4.69, 9.17) is 11.6 Å². The van der Waals surface area contributed by atoms with Crippen LogP contribution in [0.25, 0.3) is 11.0 Å². The molecule has 104 valence electrons. The van der Waals surface area contributed by atoms with Crippen LogP contribution in [0.3, 0.4) is 0 Å².